The highest BCUT2D eigenvalue weighted by molar-refractivity contribution is 7.21. The van der Waals surface area contributed by atoms with Crippen LogP contribution >= 0.6 is 11.3 Å². The number of para-hydroxylation sites is 1. The van der Waals surface area contributed by atoms with Gasteiger partial charge in [0.25, 0.3) is 5.56 Å². The van der Waals surface area contributed by atoms with Gasteiger partial charge in [0.2, 0.25) is 5.91 Å². The number of nitrogens with one attached hydrogen (secondary N) is 1. The van der Waals surface area contributed by atoms with E-state index in [1.807, 2.05) is 42.5 Å². The summed E-state index contributed by atoms with van der Waals surface area (Å²) in [5.74, 6) is -0.915. The highest BCUT2D eigenvalue weighted by Gasteiger charge is 2.11. The Bertz CT molecular complexity index is 1480. The SMILES string of the molecule is O=C(Cn1cnc2ccc(F)cc2c1=O)Nc1cccc(-c2nc3ccccc3s2)c1. The largest absolute Gasteiger partial charge is 0.325 e. The maximum atomic E-state index is 13.5. The summed E-state index contributed by atoms with van der Waals surface area (Å²) in [7, 11) is 0. The topological polar surface area (TPSA) is 76.9 Å². The van der Waals surface area contributed by atoms with E-state index < -0.39 is 11.4 Å². The second-order valence-electron chi connectivity index (χ2n) is 6.95. The van der Waals surface area contributed by atoms with E-state index in [0.717, 1.165) is 31.4 Å². The zero-order valence-corrected chi connectivity index (χ0v) is 16.9. The Hall–Kier alpha value is -3.91. The molecular formula is C23H15FN4O2S. The number of carbonyl (C=O) groups excluding carboxylic acids is 1. The second kappa shape index (κ2) is 7.73. The van der Waals surface area contributed by atoms with Gasteiger partial charge < -0.3 is 5.32 Å². The molecule has 6 nitrogen and oxygen atoms in total. The van der Waals surface area contributed by atoms with Crippen molar-refractivity contribution in [2.75, 3.05) is 5.32 Å². The van der Waals surface area contributed by atoms with Gasteiger partial charge in [-0.2, -0.15) is 0 Å². The molecule has 152 valence electrons. The van der Waals surface area contributed by atoms with Crippen molar-refractivity contribution in [3.05, 3.63) is 89.2 Å². The van der Waals surface area contributed by atoms with Crippen LogP contribution in [0.15, 0.2) is 77.9 Å². The molecule has 0 bridgehead atoms. The number of rotatable bonds is 4. The standard InChI is InChI=1S/C23H15FN4O2S/c24-15-8-9-18-17(11-15)23(30)28(13-25-18)12-21(29)26-16-5-3-4-14(10-16)22-27-19-6-1-2-7-20(19)31-22/h1-11,13H,12H2,(H,26,29). The molecule has 0 radical (unpaired) electrons. The molecule has 0 aliphatic carbocycles. The van der Waals surface area contributed by atoms with Gasteiger partial charge in [-0.05, 0) is 42.5 Å². The first-order valence-corrected chi connectivity index (χ1v) is 10.3. The molecule has 0 aliphatic heterocycles. The van der Waals surface area contributed by atoms with E-state index in [1.54, 1.807) is 17.4 Å². The number of carbonyl (C=O) groups is 1. The van der Waals surface area contributed by atoms with Gasteiger partial charge in [0, 0.05) is 11.3 Å². The number of halogens is 1. The van der Waals surface area contributed by atoms with Crippen LogP contribution in [0.4, 0.5) is 10.1 Å². The van der Waals surface area contributed by atoms with Gasteiger partial charge in [0.05, 0.1) is 27.4 Å². The minimum absolute atomic E-state index is 0.133. The molecular weight excluding hydrogens is 415 g/mol. The second-order valence-corrected chi connectivity index (χ2v) is 7.99. The van der Waals surface area contributed by atoms with Crippen LogP contribution in [0.1, 0.15) is 0 Å². The average Bonchev–Trinajstić information content (AvgIpc) is 3.21. The first-order valence-electron chi connectivity index (χ1n) is 9.47. The Morgan fingerprint density at radius 3 is 2.77 bits per heavy atom. The number of hydrogen-bond acceptors (Lipinski definition) is 5. The lowest BCUT2D eigenvalue weighted by atomic mass is 10.2. The Balaban J connectivity index is 1.37. The van der Waals surface area contributed by atoms with Crippen LogP contribution in [0, 0.1) is 5.82 Å². The zero-order valence-electron chi connectivity index (χ0n) is 16.1. The summed E-state index contributed by atoms with van der Waals surface area (Å²) in [5.41, 5.74) is 2.32. The smallest absolute Gasteiger partial charge is 0.261 e. The van der Waals surface area contributed by atoms with Gasteiger partial charge in [0.15, 0.2) is 0 Å². The van der Waals surface area contributed by atoms with E-state index in [1.165, 1.54) is 18.5 Å². The highest BCUT2D eigenvalue weighted by atomic mass is 32.1. The van der Waals surface area contributed by atoms with E-state index in [0.29, 0.717) is 11.2 Å². The maximum Gasteiger partial charge on any atom is 0.261 e. The average molecular weight is 430 g/mol. The fourth-order valence-corrected chi connectivity index (χ4v) is 4.29. The first kappa shape index (κ1) is 19.1. The molecule has 0 saturated heterocycles. The normalized spacial score (nSPS) is 11.1. The van der Waals surface area contributed by atoms with Crippen molar-refractivity contribution < 1.29 is 9.18 Å². The number of amides is 1. The van der Waals surface area contributed by atoms with Crippen molar-refractivity contribution >= 4 is 44.1 Å². The summed E-state index contributed by atoms with van der Waals surface area (Å²) in [6.45, 7) is -0.232. The Kier molecular flexibility index (Phi) is 4.76. The van der Waals surface area contributed by atoms with Crippen LogP contribution in [0.3, 0.4) is 0 Å². The van der Waals surface area contributed by atoms with E-state index >= 15 is 0 Å². The van der Waals surface area contributed by atoms with Crippen molar-refractivity contribution in [2.45, 2.75) is 6.54 Å². The molecule has 0 spiro atoms. The van der Waals surface area contributed by atoms with Crippen molar-refractivity contribution in [3.8, 4) is 10.6 Å². The molecule has 0 atom stereocenters. The van der Waals surface area contributed by atoms with E-state index in [4.69, 9.17) is 0 Å². The van der Waals surface area contributed by atoms with Crippen molar-refractivity contribution in [1.29, 1.82) is 0 Å². The minimum atomic E-state index is -0.528. The van der Waals surface area contributed by atoms with Crippen LogP contribution in [0.2, 0.25) is 0 Å². The van der Waals surface area contributed by atoms with Gasteiger partial charge in [0.1, 0.15) is 17.4 Å². The van der Waals surface area contributed by atoms with Crippen LogP contribution in [0.5, 0.6) is 0 Å². The maximum absolute atomic E-state index is 13.5. The fraction of sp³-hybridized carbons (Fsp3) is 0.0435. The lowest BCUT2D eigenvalue weighted by Gasteiger charge is -2.09. The quantitative estimate of drug-likeness (QED) is 0.457. The number of hydrogen-bond donors (Lipinski definition) is 1. The monoisotopic (exact) mass is 430 g/mol. The van der Waals surface area contributed by atoms with Gasteiger partial charge >= 0.3 is 0 Å². The third-order valence-electron chi connectivity index (χ3n) is 4.79. The molecule has 3 aromatic carbocycles. The predicted octanol–water partition coefficient (Wildman–Crippen LogP) is 4.45. The van der Waals surface area contributed by atoms with Crippen LogP contribution in [-0.4, -0.2) is 20.4 Å². The van der Waals surface area contributed by atoms with Crippen LogP contribution in [-0.2, 0) is 11.3 Å². The third kappa shape index (κ3) is 3.80. The number of benzene rings is 3. The van der Waals surface area contributed by atoms with Gasteiger partial charge in [-0.3, -0.25) is 14.2 Å². The first-order chi connectivity index (χ1) is 15.1. The molecule has 8 heteroatoms. The number of fused-ring (bicyclic) bond motifs is 2. The summed E-state index contributed by atoms with van der Waals surface area (Å²) in [4.78, 5) is 33.9. The molecule has 0 fully saturated rings. The van der Waals surface area contributed by atoms with Crippen LogP contribution < -0.4 is 10.9 Å². The molecule has 31 heavy (non-hydrogen) atoms. The summed E-state index contributed by atoms with van der Waals surface area (Å²) >= 11 is 1.58. The van der Waals surface area contributed by atoms with Crippen LogP contribution in [0.25, 0.3) is 31.7 Å². The summed E-state index contributed by atoms with van der Waals surface area (Å²) in [6.07, 6.45) is 1.29. The van der Waals surface area contributed by atoms with Gasteiger partial charge in [-0.15, -0.1) is 11.3 Å². The fourth-order valence-electron chi connectivity index (χ4n) is 3.32. The number of nitrogens with zero attached hydrogens (tertiary/aromatic N) is 3. The molecule has 0 aliphatic rings. The molecule has 0 saturated carbocycles. The lowest BCUT2D eigenvalue weighted by Crippen LogP contribution is -2.28. The summed E-state index contributed by atoms with van der Waals surface area (Å²) < 4.78 is 15.7. The molecule has 1 amide bonds. The number of thiazole rings is 1. The van der Waals surface area contributed by atoms with E-state index in [-0.39, 0.29) is 17.8 Å². The van der Waals surface area contributed by atoms with E-state index in [2.05, 4.69) is 15.3 Å². The zero-order chi connectivity index (χ0) is 21.4. The lowest BCUT2D eigenvalue weighted by molar-refractivity contribution is -0.116. The number of aromatic nitrogens is 3. The molecule has 5 aromatic rings. The van der Waals surface area contributed by atoms with Crippen molar-refractivity contribution in [3.63, 3.8) is 0 Å². The number of anilines is 1. The van der Waals surface area contributed by atoms with Gasteiger partial charge in [-0.1, -0.05) is 24.3 Å². The summed E-state index contributed by atoms with van der Waals surface area (Å²) in [5, 5.41) is 3.79. The van der Waals surface area contributed by atoms with Gasteiger partial charge in [-0.25, -0.2) is 14.4 Å². The highest BCUT2D eigenvalue weighted by Crippen LogP contribution is 2.31. The predicted molar refractivity (Wildman–Crippen MR) is 120 cm³/mol. The Labute approximate surface area is 179 Å². The molecule has 2 aromatic heterocycles. The summed E-state index contributed by atoms with van der Waals surface area (Å²) in [6, 6.07) is 19.1. The van der Waals surface area contributed by atoms with E-state index in [9.17, 15) is 14.0 Å². The van der Waals surface area contributed by atoms with Crippen molar-refractivity contribution in [1.82, 2.24) is 14.5 Å². The molecule has 1 N–H and O–H groups in total. The minimum Gasteiger partial charge on any atom is -0.325 e. The molecule has 5 rings (SSSR count). The van der Waals surface area contributed by atoms with Crippen molar-refractivity contribution in [2.24, 2.45) is 0 Å². The third-order valence-corrected chi connectivity index (χ3v) is 5.87. The Morgan fingerprint density at radius 2 is 1.90 bits per heavy atom. The molecule has 2 heterocycles. The Morgan fingerprint density at radius 1 is 1.03 bits per heavy atom. The molecule has 0 unspecified atom stereocenters.